The lowest BCUT2D eigenvalue weighted by Gasteiger charge is -2.31. The number of piperidine rings is 1. The van der Waals surface area contributed by atoms with Crippen LogP contribution in [0, 0.1) is 16.0 Å². The predicted octanol–water partition coefficient (Wildman–Crippen LogP) is 1.26. The molecule has 0 aliphatic carbocycles. The number of nitro benzene ring substituents is 1. The van der Waals surface area contributed by atoms with Gasteiger partial charge in [0, 0.05) is 24.7 Å². The first-order valence-electron chi connectivity index (χ1n) is 8.10. The number of nitro groups is 1. The molecule has 1 aliphatic rings. The maximum Gasteiger partial charge on any atom is 0.331 e. The second-order valence-corrected chi connectivity index (χ2v) is 6.20. The van der Waals surface area contributed by atoms with Gasteiger partial charge in [-0.25, -0.2) is 4.79 Å². The van der Waals surface area contributed by atoms with Gasteiger partial charge >= 0.3 is 5.69 Å². The van der Waals surface area contributed by atoms with Crippen molar-refractivity contribution < 1.29 is 4.92 Å². The predicted molar refractivity (Wildman–Crippen MR) is 90.5 cm³/mol. The Bertz CT molecular complexity index is 915. The lowest BCUT2D eigenvalue weighted by molar-refractivity contribution is -0.384. The van der Waals surface area contributed by atoms with Gasteiger partial charge in [0.1, 0.15) is 0 Å². The van der Waals surface area contributed by atoms with Crippen LogP contribution < -0.4 is 16.6 Å². The lowest BCUT2D eigenvalue weighted by Crippen LogP contribution is -2.48. The number of benzene rings is 1. The van der Waals surface area contributed by atoms with Gasteiger partial charge in [-0.1, -0.05) is 6.92 Å². The maximum absolute atomic E-state index is 12.9. The van der Waals surface area contributed by atoms with Crippen molar-refractivity contribution in [2.24, 2.45) is 5.92 Å². The molecular formula is C16H20N4O4. The first kappa shape index (κ1) is 16.4. The molecule has 0 amide bonds. The Labute approximate surface area is 137 Å². The Morgan fingerprint density at radius 3 is 2.75 bits per heavy atom. The first-order valence-corrected chi connectivity index (χ1v) is 8.10. The van der Waals surface area contributed by atoms with Gasteiger partial charge in [0.15, 0.2) is 0 Å². The van der Waals surface area contributed by atoms with Crippen LogP contribution in [-0.4, -0.2) is 27.1 Å². The molecule has 2 atom stereocenters. The zero-order chi connectivity index (χ0) is 17.4. The number of aromatic nitrogens is 2. The van der Waals surface area contributed by atoms with E-state index >= 15 is 0 Å². The Balaban J connectivity index is 2.35. The molecule has 1 fully saturated rings. The number of hydrogen-bond acceptors (Lipinski definition) is 5. The van der Waals surface area contributed by atoms with Crippen LogP contribution in [0.1, 0.15) is 26.3 Å². The van der Waals surface area contributed by atoms with Crippen molar-refractivity contribution in [2.45, 2.75) is 32.9 Å². The van der Waals surface area contributed by atoms with E-state index in [9.17, 15) is 19.7 Å². The first-order chi connectivity index (χ1) is 11.5. The highest BCUT2D eigenvalue weighted by atomic mass is 16.6. The van der Waals surface area contributed by atoms with Gasteiger partial charge in [0.05, 0.1) is 15.8 Å². The third kappa shape index (κ3) is 2.52. The van der Waals surface area contributed by atoms with Crippen LogP contribution in [0.25, 0.3) is 10.9 Å². The van der Waals surface area contributed by atoms with E-state index in [4.69, 9.17) is 0 Å². The molecule has 1 aromatic carbocycles. The summed E-state index contributed by atoms with van der Waals surface area (Å²) in [5, 5.41) is 14.5. The number of non-ortho nitro benzene ring substituents is 1. The van der Waals surface area contributed by atoms with Crippen LogP contribution in [0.4, 0.5) is 5.69 Å². The van der Waals surface area contributed by atoms with Gasteiger partial charge in [0.25, 0.3) is 11.2 Å². The molecule has 2 heterocycles. The smallest absolute Gasteiger partial charge is 0.316 e. The molecule has 0 bridgehead atoms. The zero-order valence-electron chi connectivity index (χ0n) is 13.7. The van der Waals surface area contributed by atoms with E-state index in [0.717, 1.165) is 13.1 Å². The molecule has 128 valence electrons. The molecule has 0 spiro atoms. The summed E-state index contributed by atoms with van der Waals surface area (Å²) in [5.74, 6) is 0.130. The fourth-order valence-electron chi connectivity index (χ4n) is 3.48. The van der Waals surface area contributed by atoms with Crippen LogP contribution in [0.15, 0.2) is 27.8 Å². The molecule has 0 saturated carbocycles. The average molecular weight is 332 g/mol. The van der Waals surface area contributed by atoms with Crippen molar-refractivity contribution in [2.75, 3.05) is 13.1 Å². The molecular weight excluding hydrogens is 312 g/mol. The van der Waals surface area contributed by atoms with Crippen molar-refractivity contribution in [3.8, 4) is 0 Å². The van der Waals surface area contributed by atoms with E-state index in [1.807, 2.05) is 13.8 Å². The van der Waals surface area contributed by atoms with Crippen LogP contribution in [0.2, 0.25) is 0 Å². The molecule has 0 radical (unpaired) electrons. The number of aryl methyl sites for hydroxylation is 1. The highest BCUT2D eigenvalue weighted by molar-refractivity contribution is 5.80. The summed E-state index contributed by atoms with van der Waals surface area (Å²) in [6.07, 6.45) is 0.681. The minimum Gasteiger partial charge on any atom is -0.316 e. The molecule has 1 aromatic heterocycles. The van der Waals surface area contributed by atoms with E-state index in [2.05, 4.69) is 5.32 Å². The third-order valence-electron chi connectivity index (χ3n) is 4.76. The molecule has 8 nitrogen and oxygen atoms in total. The summed E-state index contributed by atoms with van der Waals surface area (Å²) in [6, 6.07) is 3.87. The molecule has 1 N–H and O–H groups in total. The van der Waals surface area contributed by atoms with E-state index in [1.54, 1.807) is 0 Å². The van der Waals surface area contributed by atoms with Crippen LogP contribution in [0.5, 0.6) is 0 Å². The van der Waals surface area contributed by atoms with Crippen molar-refractivity contribution in [3.63, 3.8) is 0 Å². The second-order valence-electron chi connectivity index (χ2n) is 6.20. The van der Waals surface area contributed by atoms with Gasteiger partial charge < -0.3 is 5.32 Å². The van der Waals surface area contributed by atoms with Gasteiger partial charge in [-0.3, -0.25) is 24.0 Å². The van der Waals surface area contributed by atoms with Crippen molar-refractivity contribution in [1.82, 2.24) is 14.5 Å². The number of rotatable bonds is 3. The van der Waals surface area contributed by atoms with Gasteiger partial charge in [0.2, 0.25) is 0 Å². The number of fused-ring (bicyclic) bond motifs is 1. The average Bonchev–Trinajstić information content (AvgIpc) is 2.56. The number of hydrogen-bond donors (Lipinski definition) is 1. The summed E-state index contributed by atoms with van der Waals surface area (Å²) in [5.41, 5.74) is -0.494. The second kappa shape index (κ2) is 6.20. The molecule has 1 saturated heterocycles. The standard InChI is InChI=1S/C16H20N4O4/c1-3-18-14-5-4-11(20(23)24)8-12(14)15(21)19(16(18)22)13-6-7-17-9-10(13)2/h4-5,8,10,13,17H,3,6-7,9H2,1-2H3. The van der Waals surface area contributed by atoms with Gasteiger partial charge in [-0.2, -0.15) is 0 Å². The molecule has 1 aliphatic heterocycles. The van der Waals surface area contributed by atoms with Crippen LogP contribution in [-0.2, 0) is 6.54 Å². The largest absolute Gasteiger partial charge is 0.331 e. The minimum atomic E-state index is -0.530. The highest BCUT2D eigenvalue weighted by Gasteiger charge is 2.27. The summed E-state index contributed by atoms with van der Waals surface area (Å²) in [7, 11) is 0. The van der Waals surface area contributed by atoms with Crippen molar-refractivity contribution >= 4 is 16.6 Å². The molecule has 2 unspecified atom stereocenters. The van der Waals surface area contributed by atoms with E-state index in [-0.39, 0.29) is 28.7 Å². The van der Waals surface area contributed by atoms with Gasteiger partial charge in [-0.15, -0.1) is 0 Å². The zero-order valence-corrected chi connectivity index (χ0v) is 13.7. The minimum absolute atomic E-state index is 0.130. The summed E-state index contributed by atoms with van der Waals surface area (Å²) < 4.78 is 2.80. The Kier molecular flexibility index (Phi) is 4.23. The van der Waals surface area contributed by atoms with Crippen molar-refractivity contribution in [3.05, 3.63) is 49.2 Å². The van der Waals surface area contributed by atoms with E-state index in [1.165, 1.54) is 27.3 Å². The summed E-state index contributed by atoms with van der Waals surface area (Å²) >= 11 is 0. The fourth-order valence-corrected chi connectivity index (χ4v) is 3.48. The van der Waals surface area contributed by atoms with E-state index < -0.39 is 10.5 Å². The topological polar surface area (TPSA) is 99.2 Å². The normalized spacial score (nSPS) is 21.1. The maximum atomic E-state index is 12.9. The third-order valence-corrected chi connectivity index (χ3v) is 4.76. The molecule has 3 rings (SSSR count). The summed E-state index contributed by atoms with van der Waals surface area (Å²) in [6.45, 7) is 5.68. The SMILES string of the molecule is CCn1c(=O)n(C2CCNCC2C)c(=O)c2cc([N+](=O)[O-])ccc21. The number of nitrogens with one attached hydrogen (secondary N) is 1. The Morgan fingerprint density at radius 1 is 1.38 bits per heavy atom. The number of nitrogens with zero attached hydrogens (tertiary/aromatic N) is 3. The summed E-state index contributed by atoms with van der Waals surface area (Å²) in [4.78, 5) is 36.3. The quantitative estimate of drug-likeness (QED) is 0.674. The molecule has 8 heteroatoms. The van der Waals surface area contributed by atoms with E-state index in [0.29, 0.717) is 18.5 Å². The fraction of sp³-hybridized carbons (Fsp3) is 0.500. The van der Waals surface area contributed by atoms with Crippen LogP contribution >= 0.6 is 0 Å². The Hall–Kier alpha value is -2.48. The van der Waals surface area contributed by atoms with Crippen LogP contribution in [0.3, 0.4) is 0 Å². The highest BCUT2D eigenvalue weighted by Crippen LogP contribution is 2.23. The molecule has 24 heavy (non-hydrogen) atoms. The monoisotopic (exact) mass is 332 g/mol. The van der Waals surface area contributed by atoms with Crippen molar-refractivity contribution in [1.29, 1.82) is 0 Å². The Morgan fingerprint density at radius 2 is 2.12 bits per heavy atom. The van der Waals surface area contributed by atoms with Gasteiger partial charge in [-0.05, 0) is 38.4 Å². The molecule has 2 aromatic rings. The lowest BCUT2D eigenvalue weighted by atomic mass is 9.95.